The van der Waals surface area contributed by atoms with Gasteiger partial charge in [-0.25, -0.2) is 9.87 Å². The average Bonchev–Trinajstić information content (AvgIpc) is 3.18. The highest BCUT2D eigenvalue weighted by molar-refractivity contribution is 5.93. The number of nitrogens with zero attached hydrogens (tertiary/aromatic N) is 1. The van der Waals surface area contributed by atoms with E-state index in [1.54, 1.807) is 29.7 Å². The number of aromatic nitrogens is 1. The first kappa shape index (κ1) is 18.7. The van der Waals surface area contributed by atoms with Gasteiger partial charge in [-0.1, -0.05) is 54.6 Å². The fraction of sp³-hybridized carbons (Fsp3) is 0.0417. The van der Waals surface area contributed by atoms with E-state index in [9.17, 15) is 9.18 Å². The van der Waals surface area contributed by atoms with Crippen LogP contribution in [0.15, 0.2) is 91.1 Å². The quantitative estimate of drug-likeness (QED) is 0.369. The number of rotatable bonds is 5. The number of carbonyl (C=O) groups excluding carboxylic acids is 1. The van der Waals surface area contributed by atoms with Gasteiger partial charge in [-0.15, -0.1) is 0 Å². The second kappa shape index (κ2) is 8.12. The first-order valence-electron chi connectivity index (χ1n) is 9.19. The van der Waals surface area contributed by atoms with Crippen molar-refractivity contribution < 1.29 is 14.4 Å². The van der Waals surface area contributed by atoms with Gasteiger partial charge in [-0.05, 0) is 52.6 Å². The van der Waals surface area contributed by atoms with Crippen LogP contribution in [-0.2, 0) is 6.54 Å². The van der Waals surface area contributed by atoms with Gasteiger partial charge in [0.25, 0.3) is 5.91 Å². The molecule has 4 nitrogen and oxygen atoms in total. The lowest BCUT2D eigenvalue weighted by Gasteiger charge is -2.10. The minimum atomic E-state index is -0.541. The van der Waals surface area contributed by atoms with Crippen LogP contribution >= 0.6 is 0 Å². The van der Waals surface area contributed by atoms with Gasteiger partial charge in [0.1, 0.15) is 5.82 Å². The minimum absolute atomic E-state index is 0.261. The molecule has 5 heteroatoms. The summed E-state index contributed by atoms with van der Waals surface area (Å²) in [5.41, 5.74) is 7.10. The molecule has 4 aromatic rings. The molecule has 0 aliphatic rings. The summed E-state index contributed by atoms with van der Waals surface area (Å²) in [6.07, 6.45) is 2.05. The number of amides is 1. The summed E-state index contributed by atoms with van der Waals surface area (Å²) in [5.74, 6) is -0.801. The van der Waals surface area contributed by atoms with Crippen molar-refractivity contribution in [3.63, 3.8) is 0 Å². The van der Waals surface area contributed by atoms with Gasteiger partial charge in [0.05, 0.1) is 0 Å². The summed E-state index contributed by atoms with van der Waals surface area (Å²) in [6, 6.07) is 25.7. The van der Waals surface area contributed by atoms with Crippen LogP contribution in [0, 0.1) is 5.82 Å². The highest BCUT2D eigenvalue weighted by Crippen LogP contribution is 2.29. The highest BCUT2D eigenvalue weighted by Gasteiger charge is 2.11. The standard InChI is InChI=1S/C24H19FN2O2/c25-22-12-10-18(11-13-22)21-14-23(19-4-2-1-3-5-19)27(16-21)15-17-6-8-20(9-7-17)24(28)26-29/h1-14,16,29H,15H2,(H,26,28). The third-order valence-electron chi connectivity index (χ3n) is 4.81. The summed E-state index contributed by atoms with van der Waals surface area (Å²) in [4.78, 5) is 11.5. The third-order valence-corrected chi connectivity index (χ3v) is 4.81. The van der Waals surface area contributed by atoms with Crippen LogP contribution in [0.4, 0.5) is 4.39 Å². The molecule has 1 heterocycles. The Morgan fingerprint density at radius 2 is 1.55 bits per heavy atom. The number of hydroxylamine groups is 1. The first-order chi connectivity index (χ1) is 14.1. The molecule has 0 fully saturated rings. The molecule has 0 aliphatic carbocycles. The van der Waals surface area contributed by atoms with Crippen LogP contribution in [-0.4, -0.2) is 15.7 Å². The molecule has 0 atom stereocenters. The van der Waals surface area contributed by atoms with Crippen molar-refractivity contribution in [3.05, 3.63) is 108 Å². The van der Waals surface area contributed by atoms with E-state index in [0.29, 0.717) is 12.1 Å². The molecule has 29 heavy (non-hydrogen) atoms. The SMILES string of the molecule is O=C(NO)c1ccc(Cn2cc(-c3ccc(F)cc3)cc2-c2ccccc2)cc1. The predicted molar refractivity (Wildman–Crippen MR) is 110 cm³/mol. The van der Waals surface area contributed by atoms with E-state index in [1.165, 1.54) is 12.1 Å². The Hall–Kier alpha value is -3.70. The molecule has 0 unspecified atom stereocenters. The molecule has 0 spiro atoms. The molecule has 0 aliphatic heterocycles. The molecule has 3 aromatic carbocycles. The van der Waals surface area contributed by atoms with Crippen molar-refractivity contribution >= 4 is 5.91 Å². The number of benzene rings is 3. The predicted octanol–water partition coefficient (Wildman–Crippen LogP) is 5.13. The first-order valence-corrected chi connectivity index (χ1v) is 9.19. The maximum atomic E-state index is 13.3. The normalized spacial score (nSPS) is 10.7. The van der Waals surface area contributed by atoms with Crippen LogP contribution < -0.4 is 5.48 Å². The lowest BCUT2D eigenvalue weighted by molar-refractivity contribution is 0.0706. The van der Waals surface area contributed by atoms with Crippen molar-refractivity contribution in [1.82, 2.24) is 10.0 Å². The zero-order valence-corrected chi connectivity index (χ0v) is 15.5. The second-order valence-corrected chi connectivity index (χ2v) is 6.75. The van der Waals surface area contributed by atoms with E-state index < -0.39 is 5.91 Å². The molecule has 0 bridgehead atoms. The smallest absolute Gasteiger partial charge is 0.274 e. The van der Waals surface area contributed by atoms with E-state index in [1.807, 2.05) is 36.5 Å². The summed E-state index contributed by atoms with van der Waals surface area (Å²) >= 11 is 0. The van der Waals surface area contributed by atoms with Crippen molar-refractivity contribution in [1.29, 1.82) is 0 Å². The van der Waals surface area contributed by atoms with Crippen LogP contribution in [0.3, 0.4) is 0 Å². The fourth-order valence-corrected chi connectivity index (χ4v) is 3.32. The minimum Gasteiger partial charge on any atom is -0.342 e. The van der Waals surface area contributed by atoms with Crippen molar-refractivity contribution in [3.8, 4) is 22.4 Å². The summed E-state index contributed by atoms with van der Waals surface area (Å²) < 4.78 is 15.4. The lowest BCUT2D eigenvalue weighted by atomic mass is 10.1. The number of nitrogens with one attached hydrogen (secondary N) is 1. The average molecular weight is 386 g/mol. The van der Waals surface area contributed by atoms with Gasteiger partial charge in [-0.2, -0.15) is 0 Å². The zero-order valence-electron chi connectivity index (χ0n) is 15.5. The Bertz CT molecular complexity index is 1120. The van der Waals surface area contributed by atoms with Crippen LogP contribution in [0.5, 0.6) is 0 Å². The van der Waals surface area contributed by atoms with Gasteiger partial charge < -0.3 is 4.57 Å². The topological polar surface area (TPSA) is 54.3 Å². The number of carbonyl (C=O) groups is 1. The molecule has 144 valence electrons. The largest absolute Gasteiger partial charge is 0.342 e. The molecule has 4 rings (SSSR count). The van der Waals surface area contributed by atoms with Gasteiger partial charge in [0.15, 0.2) is 0 Å². The van der Waals surface area contributed by atoms with Gasteiger partial charge in [0, 0.05) is 24.0 Å². The molecular weight excluding hydrogens is 367 g/mol. The number of hydrogen-bond acceptors (Lipinski definition) is 2. The molecule has 2 N–H and O–H groups in total. The van der Waals surface area contributed by atoms with Gasteiger partial charge in [0.2, 0.25) is 0 Å². The Labute approximate surface area is 167 Å². The maximum absolute atomic E-state index is 13.3. The van der Waals surface area contributed by atoms with E-state index in [4.69, 9.17) is 5.21 Å². The molecule has 0 saturated carbocycles. The summed E-state index contributed by atoms with van der Waals surface area (Å²) in [6.45, 7) is 0.604. The van der Waals surface area contributed by atoms with E-state index >= 15 is 0 Å². The molecule has 1 aromatic heterocycles. The maximum Gasteiger partial charge on any atom is 0.274 e. The zero-order chi connectivity index (χ0) is 20.2. The van der Waals surface area contributed by atoms with Gasteiger partial charge >= 0.3 is 0 Å². The van der Waals surface area contributed by atoms with Crippen molar-refractivity contribution in [2.75, 3.05) is 0 Å². The highest BCUT2D eigenvalue weighted by atomic mass is 19.1. The van der Waals surface area contributed by atoms with Gasteiger partial charge in [-0.3, -0.25) is 10.0 Å². The second-order valence-electron chi connectivity index (χ2n) is 6.75. The third kappa shape index (κ3) is 4.10. The Balaban J connectivity index is 1.71. The van der Waals surface area contributed by atoms with E-state index in [-0.39, 0.29) is 5.82 Å². The van der Waals surface area contributed by atoms with Crippen LogP contribution in [0.2, 0.25) is 0 Å². The van der Waals surface area contributed by atoms with Crippen LogP contribution in [0.1, 0.15) is 15.9 Å². The Morgan fingerprint density at radius 1 is 0.862 bits per heavy atom. The Morgan fingerprint density at radius 3 is 2.21 bits per heavy atom. The molecule has 0 saturated heterocycles. The summed E-state index contributed by atoms with van der Waals surface area (Å²) in [5, 5.41) is 8.76. The lowest BCUT2D eigenvalue weighted by Crippen LogP contribution is -2.18. The molecule has 0 radical (unpaired) electrons. The monoisotopic (exact) mass is 386 g/mol. The van der Waals surface area contributed by atoms with Crippen molar-refractivity contribution in [2.45, 2.75) is 6.54 Å². The van der Waals surface area contributed by atoms with Crippen LogP contribution in [0.25, 0.3) is 22.4 Å². The molecular formula is C24H19FN2O2. The molecule has 1 amide bonds. The van der Waals surface area contributed by atoms with E-state index in [2.05, 4.69) is 22.8 Å². The summed E-state index contributed by atoms with van der Waals surface area (Å²) in [7, 11) is 0. The Kier molecular flexibility index (Phi) is 5.22. The van der Waals surface area contributed by atoms with Crippen molar-refractivity contribution in [2.24, 2.45) is 0 Å². The number of hydrogen-bond donors (Lipinski definition) is 2. The van der Waals surface area contributed by atoms with E-state index in [0.717, 1.165) is 27.9 Å². The fourth-order valence-electron chi connectivity index (χ4n) is 3.32. The number of halogens is 1.